The van der Waals surface area contributed by atoms with Crippen molar-refractivity contribution < 1.29 is 0 Å². The van der Waals surface area contributed by atoms with Gasteiger partial charge in [-0.15, -0.1) is 0 Å². The van der Waals surface area contributed by atoms with Crippen molar-refractivity contribution in [1.82, 2.24) is 4.98 Å². The van der Waals surface area contributed by atoms with E-state index in [0.29, 0.717) is 12.5 Å². The Morgan fingerprint density at radius 2 is 1.90 bits per heavy atom. The van der Waals surface area contributed by atoms with Crippen LogP contribution in [0.5, 0.6) is 0 Å². The van der Waals surface area contributed by atoms with Gasteiger partial charge in [-0.25, -0.2) is 4.98 Å². The third-order valence-corrected chi connectivity index (χ3v) is 4.99. The average molecular weight is 303 g/mol. The summed E-state index contributed by atoms with van der Waals surface area (Å²) in [5.41, 5.74) is 9.55. The number of nitrogens with zero attached hydrogens (tertiary/aromatic N) is 2. The van der Waals surface area contributed by atoms with Gasteiger partial charge in [-0.3, -0.25) is 0 Å². The number of nitrogens with two attached hydrogens (primary N) is 1. The lowest BCUT2D eigenvalue weighted by Crippen LogP contribution is -2.15. The van der Waals surface area contributed by atoms with Crippen LogP contribution in [0.2, 0.25) is 0 Å². The predicted molar refractivity (Wildman–Crippen MR) is 92.6 cm³/mol. The molecule has 0 aliphatic heterocycles. The first-order valence-electron chi connectivity index (χ1n) is 7.64. The number of rotatable bonds is 6. The molecular formula is C17H25N3S. The maximum atomic E-state index is 5.91. The van der Waals surface area contributed by atoms with Crippen molar-refractivity contribution in [2.75, 3.05) is 11.4 Å². The second-order valence-corrected chi connectivity index (χ2v) is 6.46. The van der Waals surface area contributed by atoms with Crippen LogP contribution < -0.4 is 10.6 Å². The normalized spacial score (nSPS) is 12.4. The highest BCUT2D eigenvalue weighted by Crippen LogP contribution is 2.35. The second kappa shape index (κ2) is 7.05. The summed E-state index contributed by atoms with van der Waals surface area (Å²) in [5.74, 6) is 0.463. The highest BCUT2D eigenvalue weighted by Gasteiger charge is 2.18. The fourth-order valence-corrected chi connectivity index (χ4v) is 3.49. The number of aryl methyl sites for hydroxylation is 1. The summed E-state index contributed by atoms with van der Waals surface area (Å²) in [5, 5.41) is 1.05. The van der Waals surface area contributed by atoms with E-state index in [-0.39, 0.29) is 0 Å². The maximum absolute atomic E-state index is 5.91. The molecule has 0 amide bonds. The zero-order valence-electron chi connectivity index (χ0n) is 13.4. The Balaban J connectivity index is 2.38. The first-order valence-corrected chi connectivity index (χ1v) is 8.46. The molecule has 1 heterocycles. The van der Waals surface area contributed by atoms with Crippen molar-refractivity contribution in [2.24, 2.45) is 5.73 Å². The Morgan fingerprint density at radius 3 is 2.43 bits per heavy atom. The van der Waals surface area contributed by atoms with Gasteiger partial charge in [-0.2, -0.15) is 0 Å². The van der Waals surface area contributed by atoms with Crippen LogP contribution in [-0.4, -0.2) is 11.5 Å². The first-order chi connectivity index (χ1) is 10.1. The van der Waals surface area contributed by atoms with Crippen molar-refractivity contribution >= 4 is 22.2 Å². The Hall–Kier alpha value is -1.39. The number of hydrogen-bond donors (Lipinski definition) is 1. The Morgan fingerprint density at radius 1 is 1.24 bits per heavy atom. The van der Waals surface area contributed by atoms with Gasteiger partial charge in [0.1, 0.15) is 0 Å². The quantitative estimate of drug-likeness (QED) is 0.849. The molecule has 2 aromatic rings. The van der Waals surface area contributed by atoms with Gasteiger partial charge < -0.3 is 10.6 Å². The molecule has 0 radical (unpaired) electrons. The highest BCUT2D eigenvalue weighted by atomic mass is 32.1. The summed E-state index contributed by atoms with van der Waals surface area (Å²) in [4.78, 5) is 8.36. The molecular weight excluding hydrogens is 278 g/mol. The van der Waals surface area contributed by atoms with E-state index in [4.69, 9.17) is 10.7 Å². The maximum Gasteiger partial charge on any atom is 0.190 e. The van der Waals surface area contributed by atoms with Crippen LogP contribution in [-0.2, 0) is 6.54 Å². The van der Waals surface area contributed by atoms with Crippen LogP contribution in [0, 0.1) is 6.92 Å². The lowest BCUT2D eigenvalue weighted by Gasteiger charge is -2.20. The molecule has 0 aliphatic rings. The van der Waals surface area contributed by atoms with E-state index in [0.717, 1.165) is 18.1 Å². The van der Waals surface area contributed by atoms with Crippen LogP contribution in [0.1, 0.15) is 49.2 Å². The van der Waals surface area contributed by atoms with Crippen LogP contribution in [0.25, 0.3) is 0 Å². The summed E-state index contributed by atoms with van der Waals surface area (Å²) in [6.07, 6.45) is 1.09. The molecule has 1 aromatic heterocycles. The molecule has 2 rings (SSSR count). The van der Waals surface area contributed by atoms with Gasteiger partial charge in [-0.1, -0.05) is 42.9 Å². The number of aromatic nitrogens is 1. The monoisotopic (exact) mass is 303 g/mol. The lowest BCUT2D eigenvalue weighted by atomic mass is 10.0. The fourth-order valence-electron chi connectivity index (χ4n) is 2.34. The molecule has 0 saturated carbocycles. The molecule has 4 heteroatoms. The molecule has 0 spiro atoms. The Kier molecular flexibility index (Phi) is 5.37. The minimum absolute atomic E-state index is 0.463. The van der Waals surface area contributed by atoms with Crippen LogP contribution in [0.4, 0.5) is 10.8 Å². The lowest BCUT2D eigenvalue weighted by molar-refractivity contribution is 0.703. The van der Waals surface area contributed by atoms with Crippen molar-refractivity contribution in [3.63, 3.8) is 0 Å². The van der Waals surface area contributed by atoms with Crippen molar-refractivity contribution in [1.29, 1.82) is 0 Å². The van der Waals surface area contributed by atoms with Gasteiger partial charge in [0.15, 0.2) is 5.13 Å². The van der Waals surface area contributed by atoms with Crippen LogP contribution >= 0.6 is 11.3 Å². The standard InChI is InChI=1S/C17H25N3S/c1-5-13(4)16-15(11-18)21-17(19-16)20(6-2)14-9-7-12(3)8-10-14/h7-10,13H,5-6,11,18H2,1-4H3. The number of anilines is 2. The number of thiazole rings is 1. The Bertz CT molecular complexity index is 574. The summed E-state index contributed by atoms with van der Waals surface area (Å²) >= 11 is 1.72. The minimum Gasteiger partial charge on any atom is -0.326 e. The van der Waals surface area contributed by atoms with Crippen LogP contribution in [0.3, 0.4) is 0 Å². The minimum atomic E-state index is 0.463. The van der Waals surface area contributed by atoms with E-state index in [1.165, 1.54) is 21.8 Å². The smallest absolute Gasteiger partial charge is 0.190 e. The van der Waals surface area contributed by atoms with Gasteiger partial charge in [0, 0.05) is 23.7 Å². The second-order valence-electron chi connectivity index (χ2n) is 5.40. The molecule has 1 atom stereocenters. The summed E-state index contributed by atoms with van der Waals surface area (Å²) in [6.45, 7) is 10.2. The van der Waals surface area contributed by atoms with E-state index in [1.807, 2.05) is 0 Å². The third kappa shape index (κ3) is 3.44. The molecule has 2 N–H and O–H groups in total. The van der Waals surface area contributed by atoms with Gasteiger partial charge in [0.25, 0.3) is 0 Å². The highest BCUT2D eigenvalue weighted by molar-refractivity contribution is 7.15. The van der Waals surface area contributed by atoms with Gasteiger partial charge in [0.05, 0.1) is 5.69 Å². The molecule has 0 fully saturated rings. The summed E-state index contributed by atoms with van der Waals surface area (Å²) in [7, 11) is 0. The summed E-state index contributed by atoms with van der Waals surface area (Å²) in [6, 6.07) is 8.60. The molecule has 114 valence electrons. The van der Waals surface area contributed by atoms with Crippen molar-refractivity contribution in [2.45, 2.75) is 46.6 Å². The van der Waals surface area contributed by atoms with Gasteiger partial charge in [-0.05, 0) is 38.3 Å². The molecule has 1 aromatic carbocycles. The number of benzene rings is 1. The number of hydrogen-bond acceptors (Lipinski definition) is 4. The molecule has 21 heavy (non-hydrogen) atoms. The third-order valence-electron chi connectivity index (χ3n) is 3.87. The largest absolute Gasteiger partial charge is 0.326 e. The van der Waals surface area contributed by atoms with Crippen LogP contribution in [0.15, 0.2) is 24.3 Å². The molecule has 0 saturated heterocycles. The van der Waals surface area contributed by atoms with E-state index >= 15 is 0 Å². The van der Waals surface area contributed by atoms with Gasteiger partial charge in [0.2, 0.25) is 0 Å². The van der Waals surface area contributed by atoms with E-state index in [2.05, 4.69) is 56.9 Å². The summed E-state index contributed by atoms with van der Waals surface area (Å²) < 4.78 is 0. The van der Waals surface area contributed by atoms with E-state index < -0.39 is 0 Å². The molecule has 3 nitrogen and oxygen atoms in total. The first kappa shape index (κ1) is 16.0. The molecule has 0 bridgehead atoms. The van der Waals surface area contributed by atoms with E-state index in [9.17, 15) is 0 Å². The zero-order chi connectivity index (χ0) is 15.4. The molecule has 1 unspecified atom stereocenters. The molecule has 0 aliphatic carbocycles. The zero-order valence-corrected chi connectivity index (χ0v) is 14.2. The Labute approximate surface area is 131 Å². The van der Waals surface area contributed by atoms with Crippen molar-refractivity contribution in [3.05, 3.63) is 40.4 Å². The topological polar surface area (TPSA) is 42.2 Å². The van der Waals surface area contributed by atoms with E-state index in [1.54, 1.807) is 11.3 Å². The average Bonchev–Trinajstić information content (AvgIpc) is 2.93. The van der Waals surface area contributed by atoms with Gasteiger partial charge >= 0.3 is 0 Å². The SMILES string of the molecule is CCC(C)c1nc(N(CC)c2ccc(C)cc2)sc1CN. The van der Waals surface area contributed by atoms with Crippen molar-refractivity contribution in [3.8, 4) is 0 Å². The fraction of sp³-hybridized carbons (Fsp3) is 0.471. The predicted octanol–water partition coefficient (Wildman–Crippen LogP) is 4.58.